The molecular weight excluding hydrogens is 390 g/mol. The molecule has 28 heavy (non-hydrogen) atoms. The number of ether oxygens (including phenoxy) is 3. The van der Waals surface area contributed by atoms with Gasteiger partial charge in [-0.05, 0) is 39.8 Å². The molecule has 0 fully saturated rings. The summed E-state index contributed by atoms with van der Waals surface area (Å²) in [7, 11) is 0. The van der Waals surface area contributed by atoms with Gasteiger partial charge < -0.3 is 19.5 Å². The Hall–Kier alpha value is -2.26. The van der Waals surface area contributed by atoms with E-state index < -0.39 is 23.3 Å². The maximum atomic E-state index is 14.2. The van der Waals surface area contributed by atoms with Gasteiger partial charge >= 0.3 is 6.09 Å². The van der Waals surface area contributed by atoms with Crippen LogP contribution >= 0.6 is 11.3 Å². The third-order valence-corrected chi connectivity index (χ3v) is 4.11. The molecule has 0 aliphatic rings. The van der Waals surface area contributed by atoms with E-state index in [4.69, 9.17) is 14.2 Å². The number of hydrogen-bond donors (Lipinski definition) is 1. The van der Waals surface area contributed by atoms with Crippen LogP contribution in [0.2, 0.25) is 0 Å². The van der Waals surface area contributed by atoms with E-state index in [0.717, 1.165) is 11.1 Å². The summed E-state index contributed by atoms with van der Waals surface area (Å²) >= 11 is 1.41. The number of nitrogens with one attached hydrogen (secondary N) is 1. The molecule has 0 saturated carbocycles. The minimum atomic E-state index is -1.06. The summed E-state index contributed by atoms with van der Waals surface area (Å²) in [6.45, 7) is 7.78. The number of nitrogens with zero attached hydrogens (tertiary/aromatic N) is 1. The fraction of sp³-hybridized carbons (Fsp3) is 0.474. The maximum Gasteiger partial charge on any atom is 0.407 e. The van der Waals surface area contributed by atoms with E-state index in [1.54, 1.807) is 26.2 Å². The zero-order valence-corrected chi connectivity index (χ0v) is 17.1. The molecule has 0 unspecified atom stereocenters. The Morgan fingerprint density at radius 3 is 2.61 bits per heavy atom. The van der Waals surface area contributed by atoms with Gasteiger partial charge in [-0.1, -0.05) is 0 Å². The highest BCUT2D eigenvalue weighted by molar-refractivity contribution is 7.09. The first-order chi connectivity index (χ1) is 13.2. The molecule has 0 spiro atoms. The summed E-state index contributed by atoms with van der Waals surface area (Å²) < 4.78 is 43.6. The van der Waals surface area contributed by atoms with Crippen LogP contribution in [0.4, 0.5) is 13.6 Å². The number of halogens is 2. The number of carbonyl (C=O) groups excluding carboxylic acids is 1. The minimum Gasteiger partial charge on any atom is -0.487 e. The van der Waals surface area contributed by atoms with Crippen molar-refractivity contribution in [3.8, 4) is 17.0 Å². The van der Waals surface area contributed by atoms with Crippen molar-refractivity contribution in [3.63, 3.8) is 0 Å². The lowest BCUT2D eigenvalue weighted by molar-refractivity contribution is 0.0488. The Labute approximate surface area is 166 Å². The third-order valence-electron chi connectivity index (χ3n) is 3.33. The number of rotatable bonds is 8. The molecule has 2 aromatic rings. The second-order valence-electron chi connectivity index (χ2n) is 6.88. The number of benzene rings is 1. The first-order valence-electron chi connectivity index (χ1n) is 8.75. The second-order valence-corrected chi connectivity index (χ2v) is 7.94. The summed E-state index contributed by atoms with van der Waals surface area (Å²) in [5.74, 6) is -2.25. The average Bonchev–Trinajstić information content (AvgIpc) is 3.02. The van der Waals surface area contributed by atoms with E-state index in [2.05, 4.69) is 10.3 Å². The van der Waals surface area contributed by atoms with Crippen molar-refractivity contribution in [1.29, 1.82) is 0 Å². The van der Waals surface area contributed by atoms with Crippen molar-refractivity contribution in [2.75, 3.05) is 26.4 Å². The normalized spacial score (nSPS) is 11.4. The first kappa shape index (κ1) is 22.0. The van der Waals surface area contributed by atoms with Gasteiger partial charge in [0.15, 0.2) is 11.6 Å². The quantitative estimate of drug-likeness (QED) is 0.652. The van der Waals surface area contributed by atoms with Gasteiger partial charge in [0.2, 0.25) is 5.82 Å². The van der Waals surface area contributed by atoms with Crippen molar-refractivity contribution in [2.24, 2.45) is 0 Å². The first-order valence-corrected chi connectivity index (χ1v) is 9.63. The Bertz CT molecular complexity index is 806. The fourth-order valence-corrected chi connectivity index (χ4v) is 2.82. The van der Waals surface area contributed by atoms with Crippen LogP contribution in [0.5, 0.6) is 5.75 Å². The Kier molecular flexibility index (Phi) is 7.70. The summed E-state index contributed by atoms with van der Waals surface area (Å²) in [5, 5.41) is 5.12. The Morgan fingerprint density at radius 1 is 1.21 bits per heavy atom. The monoisotopic (exact) mass is 414 g/mol. The van der Waals surface area contributed by atoms with Crippen LogP contribution in [0, 0.1) is 18.6 Å². The highest BCUT2D eigenvalue weighted by Gasteiger charge is 2.18. The standard InChI is InChI=1S/C19H24F2N2O4S/c1-12-23-15(11-28-12)13-5-6-14(20)16(21)17(13)26-10-9-25-8-7-22-18(24)27-19(2,3)4/h5-6,11H,7-10H2,1-4H3,(H,22,24). The van der Waals surface area contributed by atoms with E-state index in [9.17, 15) is 13.6 Å². The highest BCUT2D eigenvalue weighted by Crippen LogP contribution is 2.34. The van der Waals surface area contributed by atoms with Gasteiger partial charge in [0.1, 0.15) is 12.2 Å². The Balaban J connectivity index is 1.80. The van der Waals surface area contributed by atoms with E-state index in [0.29, 0.717) is 11.3 Å². The molecule has 1 amide bonds. The molecule has 9 heteroatoms. The van der Waals surface area contributed by atoms with E-state index in [1.807, 2.05) is 6.92 Å². The smallest absolute Gasteiger partial charge is 0.407 e. The van der Waals surface area contributed by atoms with Crippen molar-refractivity contribution in [1.82, 2.24) is 10.3 Å². The van der Waals surface area contributed by atoms with E-state index in [1.165, 1.54) is 17.4 Å². The van der Waals surface area contributed by atoms with Gasteiger partial charge in [-0.3, -0.25) is 0 Å². The largest absolute Gasteiger partial charge is 0.487 e. The lowest BCUT2D eigenvalue weighted by Crippen LogP contribution is -2.34. The molecule has 1 heterocycles. The molecule has 0 bridgehead atoms. The van der Waals surface area contributed by atoms with Crippen LogP contribution < -0.4 is 10.1 Å². The number of aryl methyl sites for hydroxylation is 1. The summed E-state index contributed by atoms with van der Waals surface area (Å²) in [6.07, 6.45) is -0.530. The maximum absolute atomic E-state index is 14.2. The molecule has 6 nitrogen and oxygen atoms in total. The van der Waals surface area contributed by atoms with Gasteiger partial charge in [0.05, 0.1) is 23.9 Å². The molecule has 1 aromatic carbocycles. The SMILES string of the molecule is Cc1nc(-c2ccc(F)c(F)c2OCCOCCNC(=O)OC(C)(C)C)cs1. The minimum absolute atomic E-state index is 0.0168. The van der Waals surface area contributed by atoms with Gasteiger partial charge in [-0.2, -0.15) is 4.39 Å². The van der Waals surface area contributed by atoms with Crippen LogP contribution in [0.15, 0.2) is 17.5 Å². The highest BCUT2D eigenvalue weighted by atomic mass is 32.1. The number of hydrogen-bond acceptors (Lipinski definition) is 6. The predicted molar refractivity (Wildman–Crippen MR) is 103 cm³/mol. The van der Waals surface area contributed by atoms with E-state index in [-0.39, 0.29) is 32.1 Å². The molecule has 0 aliphatic heterocycles. The molecule has 154 valence electrons. The number of thiazole rings is 1. The summed E-state index contributed by atoms with van der Waals surface area (Å²) in [4.78, 5) is 15.8. The van der Waals surface area contributed by atoms with Crippen molar-refractivity contribution < 1.29 is 27.8 Å². The lowest BCUT2D eigenvalue weighted by Gasteiger charge is -2.19. The van der Waals surface area contributed by atoms with Crippen LogP contribution in [-0.2, 0) is 9.47 Å². The Morgan fingerprint density at radius 2 is 1.96 bits per heavy atom. The van der Waals surface area contributed by atoms with Crippen LogP contribution in [0.1, 0.15) is 25.8 Å². The van der Waals surface area contributed by atoms with Crippen LogP contribution in [0.25, 0.3) is 11.3 Å². The van der Waals surface area contributed by atoms with Crippen molar-refractivity contribution >= 4 is 17.4 Å². The summed E-state index contributed by atoms with van der Waals surface area (Å²) in [6, 6.07) is 2.49. The van der Waals surface area contributed by atoms with Gasteiger partial charge in [0, 0.05) is 17.5 Å². The molecule has 0 radical (unpaired) electrons. The zero-order chi connectivity index (χ0) is 20.7. The average molecular weight is 414 g/mol. The van der Waals surface area contributed by atoms with Gasteiger partial charge in [-0.15, -0.1) is 11.3 Å². The lowest BCUT2D eigenvalue weighted by atomic mass is 10.1. The molecule has 0 atom stereocenters. The molecular formula is C19H24F2N2O4S. The third kappa shape index (κ3) is 6.72. The molecule has 1 N–H and O–H groups in total. The molecule has 0 saturated heterocycles. The summed E-state index contributed by atoms with van der Waals surface area (Å²) in [5.41, 5.74) is 0.343. The van der Waals surface area contributed by atoms with Crippen molar-refractivity contribution in [3.05, 3.63) is 34.2 Å². The number of alkyl carbamates (subject to hydrolysis) is 1. The van der Waals surface area contributed by atoms with Gasteiger partial charge in [0.25, 0.3) is 0 Å². The zero-order valence-electron chi connectivity index (χ0n) is 16.3. The predicted octanol–water partition coefficient (Wildman–Crippen LogP) is 4.32. The fourth-order valence-electron chi connectivity index (χ4n) is 2.21. The molecule has 0 aliphatic carbocycles. The van der Waals surface area contributed by atoms with Crippen LogP contribution in [0.3, 0.4) is 0 Å². The molecule has 2 rings (SSSR count). The van der Waals surface area contributed by atoms with Crippen LogP contribution in [-0.4, -0.2) is 43.0 Å². The van der Waals surface area contributed by atoms with E-state index >= 15 is 0 Å². The topological polar surface area (TPSA) is 69.7 Å². The number of carbonyl (C=O) groups is 1. The number of amides is 1. The molecule has 1 aromatic heterocycles. The van der Waals surface area contributed by atoms with Gasteiger partial charge in [-0.25, -0.2) is 14.2 Å². The number of aromatic nitrogens is 1. The van der Waals surface area contributed by atoms with Crippen molar-refractivity contribution in [2.45, 2.75) is 33.3 Å². The second kappa shape index (κ2) is 9.79.